The second-order valence-corrected chi connectivity index (χ2v) is 5.42. The zero-order valence-electron chi connectivity index (χ0n) is 9.45. The lowest BCUT2D eigenvalue weighted by Gasteiger charge is -2.30. The van der Waals surface area contributed by atoms with E-state index in [1.165, 1.54) is 17.9 Å². The maximum absolute atomic E-state index is 10.8. The summed E-state index contributed by atoms with van der Waals surface area (Å²) in [6, 6.07) is 0. The molecule has 1 aliphatic rings. The van der Waals surface area contributed by atoms with Crippen LogP contribution in [0.3, 0.4) is 0 Å². The number of thioether (sulfide) groups is 1. The predicted molar refractivity (Wildman–Crippen MR) is 64.4 cm³/mol. The van der Waals surface area contributed by atoms with Crippen LogP contribution in [0.2, 0.25) is 0 Å². The Hall–Kier alpha value is -0.220. The lowest BCUT2D eigenvalue weighted by atomic mass is 9.98. The van der Waals surface area contributed by atoms with E-state index in [0.29, 0.717) is 0 Å². The molecule has 0 spiro atoms. The van der Waals surface area contributed by atoms with Gasteiger partial charge in [-0.3, -0.25) is 4.79 Å². The summed E-state index contributed by atoms with van der Waals surface area (Å²) in [7, 11) is 0. The van der Waals surface area contributed by atoms with Gasteiger partial charge in [0.05, 0.1) is 5.92 Å². The molecule has 3 nitrogen and oxygen atoms in total. The molecule has 0 aromatic carbocycles. The van der Waals surface area contributed by atoms with Crippen molar-refractivity contribution < 1.29 is 9.90 Å². The van der Waals surface area contributed by atoms with Crippen LogP contribution in [-0.2, 0) is 4.79 Å². The zero-order chi connectivity index (χ0) is 11.1. The maximum atomic E-state index is 10.8. The average molecular weight is 231 g/mol. The number of piperidine rings is 1. The van der Waals surface area contributed by atoms with Gasteiger partial charge in [-0.1, -0.05) is 6.92 Å². The van der Waals surface area contributed by atoms with Gasteiger partial charge in [0, 0.05) is 6.54 Å². The molecule has 1 atom stereocenters. The minimum atomic E-state index is -0.623. The Labute approximate surface area is 96.2 Å². The molecule has 1 heterocycles. The number of carboxylic acids is 1. The van der Waals surface area contributed by atoms with Crippen molar-refractivity contribution in [2.75, 3.05) is 31.1 Å². The van der Waals surface area contributed by atoms with E-state index in [-0.39, 0.29) is 5.92 Å². The average Bonchev–Trinajstić information content (AvgIpc) is 2.25. The van der Waals surface area contributed by atoms with Gasteiger partial charge in [0.25, 0.3) is 0 Å². The van der Waals surface area contributed by atoms with Gasteiger partial charge in [0.15, 0.2) is 0 Å². The molecule has 1 rings (SSSR count). The molecule has 1 unspecified atom stereocenters. The maximum Gasteiger partial charge on any atom is 0.307 e. The predicted octanol–water partition coefficient (Wildman–Crippen LogP) is 1.93. The number of carboxylic acid groups (broad SMARTS) is 1. The first-order valence-electron chi connectivity index (χ1n) is 5.77. The molecule has 0 aliphatic carbocycles. The molecule has 15 heavy (non-hydrogen) atoms. The van der Waals surface area contributed by atoms with Crippen LogP contribution >= 0.6 is 11.8 Å². The van der Waals surface area contributed by atoms with Crippen molar-refractivity contribution in [1.29, 1.82) is 0 Å². The number of likely N-dealkylation sites (tertiary alicyclic amines) is 1. The standard InChI is InChI=1S/C11H21NO2S/c1-2-15-8-4-7-12-6-3-5-10(9-12)11(13)14/h10H,2-9H2,1H3,(H,13,14). The van der Waals surface area contributed by atoms with Gasteiger partial charge in [-0.15, -0.1) is 0 Å². The highest BCUT2D eigenvalue weighted by atomic mass is 32.2. The van der Waals surface area contributed by atoms with Crippen molar-refractivity contribution in [1.82, 2.24) is 4.90 Å². The van der Waals surface area contributed by atoms with Gasteiger partial charge in [-0.25, -0.2) is 0 Å². The Morgan fingerprint density at radius 1 is 1.60 bits per heavy atom. The van der Waals surface area contributed by atoms with Crippen LogP contribution in [0.1, 0.15) is 26.2 Å². The summed E-state index contributed by atoms with van der Waals surface area (Å²) < 4.78 is 0. The van der Waals surface area contributed by atoms with Crippen LogP contribution in [0, 0.1) is 5.92 Å². The molecule has 1 fully saturated rings. The Morgan fingerprint density at radius 3 is 3.07 bits per heavy atom. The van der Waals surface area contributed by atoms with Crippen molar-refractivity contribution in [3.05, 3.63) is 0 Å². The summed E-state index contributed by atoms with van der Waals surface area (Å²) in [6.07, 6.45) is 3.08. The zero-order valence-corrected chi connectivity index (χ0v) is 10.3. The highest BCUT2D eigenvalue weighted by molar-refractivity contribution is 7.99. The van der Waals surface area contributed by atoms with E-state index in [9.17, 15) is 4.79 Å². The summed E-state index contributed by atoms with van der Waals surface area (Å²) in [5, 5.41) is 8.93. The lowest BCUT2D eigenvalue weighted by Crippen LogP contribution is -2.39. The quantitative estimate of drug-likeness (QED) is 0.709. The van der Waals surface area contributed by atoms with E-state index >= 15 is 0 Å². The molecule has 1 saturated heterocycles. The van der Waals surface area contributed by atoms with Crippen molar-refractivity contribution in [3.63, 3.8) is 0 Å². The number of carbonyl (C=O) groups is 1. The first kappa shape index (κ1) is 12.8. The SMILES string of the molecule is CCSCCCN1CCCC(C(=O)O)C1. The van der Waals surface area contributed by atoms with Crippen molar-refractivity contribution in [2.24, 2.45) is 5.92 Å². The molecule has 1 aliphatic heterocycles. The summed E-state index contributed by atoms with van der Waals surface area (Å²) in [4.78, 5) is 13.1. The Morgan fingerprint density at radius 2 is 2.40 bits per heavy atom. The number of hydrogen-bond acceptors (Lipinski definition) is 3. The number of nitrogens with zero attached hydrogens (tertiary/aromatic N) is 1. The van der Waals surface area contributed by atoms with Gasteiger partial charge < -0.3 is 10.0 Å². The molecule has 0 bridgehead atoms. The van der Waals surface area contributed by atoms with Crippen LogP contribution in [0.25, 0.3) is 0 Å². The van der Waals surface area contributed by atoms with Crippen LogP contribution in [0.4, 0.5) is 0 Å². The first-order chi connectivity index (χ1) is 7.24. The molecule has 0 aromatic rings. The highest BCUT2D eigenvalue weighted by Crippen LogP contribution is 2.17. The molecular formula is C11H21NO2S. The minimum absolute atomic E-state index is 0.127. The summed E-state index contributed by atoms with van der Waals surface area (Å²) in [6.45, 7) is 5.08. The molecule has 0 radical (unpaired) electrons. The van der Waals surface area contributed by atoms with E-state index in [4.69, 9.17) is 5.11 Å². The fraction of sp³-hybridized carbons (Fsp3) is 0.909. The van der Waals surface area contributed by atoms with Gasteiger partial charge in [-0.2, -0.15) is 11.8 Å². The Bertz CT molecular complexity index is 199. The topological polar surface area (TPSA) is 40.5 Å². The van der Waals surface area contributed by atoms with Gasteiger partial charge >= 0.3 is 5.97 Å². The van der Waals surface area contributed by atoms with Crippen molar-refractivity contribution >= 4 is 17.7 Å². The second kappa shape index (κ2) is 7.12. The molecule has 1 N–H and O–H groups in total. The Balaban J connectivity index is 2.15. The number of rotatable bonds is 6. The fourth-order valence-corrected chi connectivity index (χ4v) is 2.62. The van der Waals surface area contributed by atoms with E-state index < -0.39 is 5.97 Å². The van der Waals surface area contributed by atoms with E-state index in [1.54, 1.807) is 0 Å². The van der Waals surface area contributed by atoms with E-state index in [1.807, 2.05) is 11.8 Å². The van der Waals surface area contributed by atoms with Gasteiger partial charge in [0.2, 0.25) is 0 Å². The highest BCUT2D eigenvalue weighted by Gasteiger charge is 2.24. The summed E-state index contributed by atoms with van der Waals surface area (Å²) in [5.74, 6) is 1.63. The summed E-state index contributed by atoms with van der Waals surface area (Å²) in [5.41, 5.74) is 0. The van der Waals surface area contributed by atoms with Crippen LogP contribution in [0.15, 0.2) is 0 Å². The van der Waals surface area contributed by atoms with E-state index in [0.717, 1.165) is 32.5 Å². The Kier molecular flexibility index (Phi) is 6.10. The van der Waals surface area contributed by atoms with Gasteiger partial charge in [0.1, 0.15) is 0 Å². The molecule has 0 amide bonds. The van der Waals surface area contributed by atoms with Crippen molar-refractivity contribution in [3.8, 4) is 0 Å². The monoisotopic (exact) mass is 231 g/mol. The smallest absolute Gasteiger partial charge is 0.307 e. The molecular weight excluding hydrogens is 210 g/mol. The third kappa shape index (κ3) is 4.89. The molecule has 0 saturated carbocycles. The van der Waals surface area contributed by atoms with Crippen LogP contribution < -0.4 is 0 Å². The lowest BCUT2D eigenvalue weighted by molar-refractivity contribution is -0.143. The molecule has 88 valence electrons. The first-order valence-corrected chi connectivity index (χ1v) is 6.92. The molecule has 0 aromatic heterocycles. The normalized spacial score (nSPS) is 22.9. The van der Waals surface area contributed by atoms with Crippen molar-refractivity contribution in [2.45, 2.75) is 26.2 Å². The van der Waals surface area contributed by atoms with Gasteiger partial charge in [-0.05, 0) is 43.9 Å². The number of aliphatic carboxylic acids is 1. The molecule has 4 heteroatoms. The second-order valence-electron chi connectivity index (χ2n) is 4.03. The summed E-state index contributed by atoms with van der Waals surface area (Å²) >= 11 is 1.96. The van der Waals surface area contributed by atoms with Crippen LogP contribution in [0.5, 0.6) is 0 Å². The van der Waals surface area contributed by atoms with E-state index in [2.05, 4.69) is 11.8 Å². The van der Waals surface area contributed by atoms with Crippen LogP contribution in [-0.4, -0.2) is 47.1 Å². The fourth-order valence-electron chi connectivity index (χ4n) is 1.99. The minimum Gasteiger partial charge on any atom is -0.481 e. The number of hydrogen-bond donors (Lipinski definition) is 1. The third-order valence-electron chi connectivity index (χ3n) is 2.82. The third-order valence-corrected chi connectivity index (χ3v) is 3.81. The largest absolute Gasteiger partial charge is 0.481 e.